The van der Waals surface area contributed by atoms with Gasteiger partial charge < -0.3 is 59.9 Å². The molecular weight excluding hydrogens is 893 g/mol. The van der Waals surface area contributed by atoms with Crippen molar-refractivity contribution < 1.29 is 67.0 Å². The number of esters is 2. The molecule has 0 heterocycles. The largest absolute Gasteiger partial charge is 0.497 e. The first kappa shape index (κ1) is 53.8. The zero-order valence-electron chi connectivity index (χ0n) is 39.0. The minimum Gasteiger partial charge on any atom is -0.497 e. The fourth-order valence-corrected chi connectivity index (χ4v) is 6.69. The topological polar surface area (TPSA) is 249 Å². The molecule has 0 fully saturated rings. The first-order valence-corrected chi connectivity index (χ1v) is 21.6. The van der Waals surface area contributed by atoms with E-state index in [-0.39, 0.29) is 26.2 Å². The number of hydrogen-bond donors (Lipinski definition) is 5. The Morgan fingerprint density at radius 3 is 1.48 bits per heavy atom. The van der Waals surface area contributed by atoms with E-state index in [0.29, 0.717) is 28.2 Å². The van der Waals surface area contributed by atoms with Crippen LogP contribution in [0.2, 0.25) is 0 Å². The van der Waals surface area contributed by atoms with Crippen molar-refractivity contribution in [3.8, 4) is 11.5 Å². The number of hydrogen-bond acceptors (Lipinski definition) is 15. The molecule has 0 radical (unpaired) electrons. The fourth-order valence-electron chi connectivity index (χ4n) is 6.69. The second-order valence-electron chi connectivity index (χ2n) is 15.0. The number of benzene rings is 5. The number of ketones is 1. The van der Waals surface area contributed by atoms with Crippen LogP contribution < -0.4 is 31.2 Å². The van der Waals surface area contributed by atoms with E-state index in [4.69, 9.17) is 39.3 Å². The van der Waals surface area contributed by atoms with Gasteiger partial charge in [-0.1, -0.05) is 115 Å². The average molecular weight is 951 g/mol. The van der Waals surface area contributed by atoms with Crippen molar-refractivity contribution in [2.24, 2.45) is 5.73 Å². The minimum absolute atomic E-state index is 0.0405. The van der Waals surface area contributed by atoms with Crippen LogP contribution in [0.5, 0.6) is 11.5 Å². The molecule has 0 spiro atoms. The highest BCUT2D eigenvalue weighted by atomic mass is 16.6. The third-order valence-corrected chi connectivity index (χ3v) is 10.3. The number of Topliss-reactive ketones (excluding diaryl/α,β-unsaturated/α-hetero) is 1. The number of carbonyl (C=O) groups is 6. The van der Waals surface area contributed by atoms with Gasteiger partial charge in [-0.2, -0.15) is 0 Å². The molecule has 18 heteroatoms. The number of alkyl carbamates (subject to hydrolysis) is 2. The summed E-state index contributed by atoms with van der Waals surface area (Å²) in [4.78, 5) is 74.6. The summed E-state index contributed by atoms with van der Waals surface area (Å²) in [6.07, 6.45) is -3.30. The number of methoxy groups -OCH3 is 4. The number of aliphatic hydroxyl groups excluding tert-OH is 1. The van der Waals surface area contributed by atoms with Crippen LogP contribution >= 0.6 is 0 Å². The van der Waals surface area contributed by atoms with E-state index in [0.717, 1.165) is 25.3 Å². The van der Waals surface area contributed by atoms with Crippen molar-refractivity contribution in [1.29, 1.82) is 0 Å². The number of nitrogens with one attached hydrogen (secondary N) is 3. The minimum atomic E-state index is -1.64. The first-order valence-electron chi connectivity index (χ1n) is 21.6. The first-order chi connectivity index (χ1) is 33.3. The van der Waals surface area contributed by atoms with Crippen molar-refractivity contribution in [2.45, 2.75) is 56.4 Å². The molecule has 0 aliphatic rings. The zero-order chi connectivity index (χ0) is 50.2. The second kappa shape index (κ2) is 27.7. The van der Waals surface area contributed by atoms with Crippen LogP contribution in [0.25, 0.3) is 0 Å². The lowest BCUT2D eigenvalue weighted by atomic mass is 9.79. The molecule has 5 rings (SSSR count). The Hall–Kier alpha value is -7.80. The Labute approximate surface area is 400 Å². The normalized spacial score (nSPS) is 12.4. The number of aliphatic hydroxyl groups is 1. The molecule has 0 saturated heterocycles. The van der Waals surface area contributed by atoms with Gasteiger partial charge in [0, 0.05) is 13.0 Å². The smallest absolute Gasteiger partial charge is 0.408 e. The number of carbonyl (C=O) groups excluding carboxylic acids is 6. The Balaban J connectivity index is 0.000000379. The van der Waals surface area contributed by atoms with Crippen LogP contribution in [-0.4, -0.2) is 107 Å². The van der Waals surface area contributed by atoms with Gasteiger partial charge in [0.15, 0.2) is 24.0 Å². The lowest BCUT2D eigenvalue weighted by Crippen LogP contribution is -2.58. The Kier molecular flexibility index (Phi) is 21.6. The predicted octanol–water partition coefficient (Wildman–Crippen LogP) is 4.72. The molecule has 366 valence electrons. The standard InChI is InChI=1S/C36H38N2O8.C15H20N2O6/c1-24(37)32(39)33(31(34(40)44-4)38-35(41)45-23-25-11-7-5-8-12-25)46-36(26-13-9-6-10-14-26,27-15-19-29(42-2)20-16-27)28-17-21-30(43-3)22-18-28;1-22-14(20)12(9-18)17-13(19)7-8-16-15(21)23-10-11-5-3-2-4-6-11/h5-22,24,31,33H,23,37H2,1-4H3,(H,38,41);2-6,12,18H,7-10H2,1H3,(H,16,21)(H,17,19)/t24-,31-,33?;12-/m00/s1. The molecule has 0 bridgehead atoms. The second-order valence-corrected chi connectivity index (χ2v) is 15.0. The monoisotopic (exact) mass is 950 g/mol. The van der Waals surface area contributed by atoms with Crippen molar-refractivity contribution in [3.63, 3.8) is 0 Å². The van der Waals surface area contributed by atoms with Gasteiger partial charge in [-0.05, 0) is 59.0 Å². The maximum Gasteiger partial charge on any atom is 0.408 e. The van der Waals surface area contributed by atoms with Crippen molar-refractivity contribution in [2.75, 3.05) is 41.6 Å². The van der Waals surface area contributed by atoms with Crippen LogP contribution in [0, 0.1) is 0 Å². The van der Waals surface area contributed by atoms with E-state index in [1.807, 2.05) is 66.7 Å². The van der Waals surface area contributed by atoms with Crippen LogP contribution in [0.3, 0.4) is 0 Å². The van der Waals surface area contributed by atoms with Crippen LogP contribution in [-0.2, 0) is 61.7 Å². The highest BCUT2D eigenvalue weighted by Gasteiger charge is 2.47. The van der Waals surface area contributed by atoms with Gasteiger partial charge in [-0.15, -0.1) is 0 Å². The third-order valence-electron chi connectivity index (χ3n) is 10.3. The van der Waals surface area contributed by atoms with Gasteiger partial charge in [-0.25, -0.2) is 19.2 Å². The van der Waals surface area contributed by atoms with Crippen LogP contribution in [0.15, 0.2) is 140 Å². The quantitative estimate of drug-likeness (QED) is 0.0358. The van der Waals surface area contributed by atoms with Gasteiger partial charge >= 0.3 is 24.1 Å². The van der Waals surface area contributed by atoms with E-state index >= 15 is 0 Å². The maximum atomic E-state index is 13.9. The Bertz CT molecular complexity index is 2340. The summed E-state index contributed by atoms with van der Waals surface area (Å²) < 4.78 is 37.6. The maximum absolute atomic E-state index is 13.9. The molecule has 6 N–H and O–H groups in total. The molecule has 5 aromatic rings. The number of nitrogens with two attached hydrogens (primary N) is 1. The molecule has 0 aliphatic carbocycles. The van der Waals surface area contributed by atoms with E-state index in [2.05, 4.69) is 20.7 Å². The fraction of sp³-hybridized carbons (Fsp3) is 0.294. The lowest BCUT2D eigenvalue weighted by molar-refractivity contribution is -0.158. The van der Waals surface area contributed by atoms with Gasteiger partial charge in [0.05, 0.1) is 41.1 Å². The molecule has 3 amide bonds. The third kappa shape index (κ3) is 15.9. The molecule has 69 heavy (non-hydrogen) atoms. The van der Waals surface area contributed by atoms with Crippen molar-refractivity contribution >= 4 is 35.8 Å². The van der Waals surface area contributed by atoms with Gasteiger partial charge in [-0.3, -0.25) is 9.59 Å². The van der Waals surface area contributed by atoms with Gasteiger partial charge in [0.25, 0.3) is 0 Å². The molecule has 0 saturated carbocycles. The summed E-state index contributed by atoms with van der Waals surface area (Å²) in [5, 5.41) is 16.2. The molecule has 18 nitrogen and oxygen atoms in total. The predicted molar refractivity (Wildman–Crippen MR) is 252 cm³/mol. The molecule has 5 aromatic carbocycles. The summed E-state index contributed by atoms with van der Waals surface area (Å²) in [6.45, 7) is 1.02. The van der Waals surface area contributed by atoms with E-state index in [1.54, 1.807) is 87.0 Å². The van der Waals surface area contributed by atoms with Crippen LogP contribution in [0.1, 0.15) is 41.2 Å². The van der Waals surface area contributed by atoms with Gasteiger partial charge in [0.2, 0.25) is 5.91 Å². The molecular formula is C51H58N4O14. The number of rotatable bonds is 22. The summed E-state index contributed by atoms with van der Waals surface area (Å²) >= 11 is 0. The summed E-state index contributed by atoms with van der Waals surface area (Å²) in [6, 6.07) is 37.8. The van der Waals surface area contributed by atoms with E-state index < -0.39 is 72.3 Å². The Morgan fingerprint density at radius 2 is 1.04 bits per heavy atom. The van der Waals surface area contributed by atoms with E-state index in [9.17, 15) is 28.8 Å². The SMILES string of the molecule is COC(=O)[C@@H](NC(=O)OCc1ccccc1)C(OC(c1ccccc1)(c1ccc(OC)cc1)c1ccc(OC)cc1)C(=O)[C@H](C)N.COC(=O)[C@H](CO)NC(=O)CCNC(=O)OCc1ccccc1. The average Bonchev–Trinajstić information content (AvgIpc) is 3.39. The Morgan fingerprint density at radius 1 is 0.594 bits per heavy atom. The zero-order valence-corrected chi connectivity index (χ0v) is 39.0. The summed E-state index contributed by atoms with van der Waals surface area (Å²) in [7, 11) is 5.42. The molecule has 0 aromatic heterocycles. The molecule has 4 atom stereocenters. The number of ether oxygens (including phenoxy) is 7. The van der Waals surface area contributed by atoms with Gasteiger partial charge in [0.1, 0.15) is 30.3 Å². The van der Waals surface area contributed by atoms with Crippen molar-refractivity contribution in [3.05, 3.63) is 167 Å². The summed E-state index contributed by atoms with van der Waals surface area (Å²) in [5.41, 5.74) is 8.03. The number of amides is 3. The highest BCUT2D eigenvalue weighted by Crippen LogP contribution is 2.43. The van der Waals surface area contributed by atoms with Crippen LogP contribution in [0.4, 0.5) is 9.59 Å². The molecule has 0 aliphatic heterocycles. The molecule has 1 unspecified atom stereocenters. The van der Waals surface area contributed by atoms with E-state index in [1.165, 1.54) is 6.92 Å². The van der Waals surface area contributed by atoms with Crippen molar-refractivity contribution in [1.82, 2.24) is 16.0 Å². The summed E-state index contributed by atoms with van der Waals surface area (Å²) in [5.74, 6) is -1.63. The lowest BCUT2D eigenvalue weighted by Gasteiger charge is -2.40. The highest BCUT2D eigenvalue weighted by molar-refractivity contribution is 5.95.